The van der Waals surface area contributed by atoms with Gasteiger partial charge in [0, 0.05) is 12.8 Å². The molecule has 0 aromatic rings. The molecule has 1 unspecified atom stereocenters. The zero-order valence-corrected chi connectivity index (χ0v) is 29.6. The van der Waals surface area contributed by atoms with Gasteiger partial charge >= 0.3 is 0 Å². The number of amides is 2. The highest BCUT2D eigenvalue weighted by Crippen LogP contribution is 2.12. The van der Waals surface area contributed by atoms with Gasteiger partial charge in [-0.3, -0.25) is 9.59 Å². The minimum Gasteiger partial charge on any atom is -0.369 e. The first kappa shape index (κ1) is 42.4. The molecular weight excluding hydrogens is 544 g/mol. The van der Waals surface area contributed by atoms with Crippen molar-refractivity contribution in [2.45, 2.75) is 206 Å². The number of hydrogen-bond acceptors (Lipinski definition) is 3. The maximum absolute atomic E-state index is 12.3. The molecule has 3 N–H and O–H groups in total. The molecule has 5 nitrogen and oxygen atoms in total. The maximum atomic E-state index is 12.3. The molecule has 0 heterocycles. The van der Waals surface area contributed by atoms with Crippen molar-refractivity contribution in [2.75, 3.05) is 6.54 Å². The Kier molecular flexibility index (Phi) is 31.6. The lowest BCUT2D eigenvalue weighted by Gasteiger charge is -2.25. The first-order chi connectivity index (χ1) is 21.4. The number of allylic oxidation sites excluding steroid dienone is 4. The molecule has 5 heteroatoms. The van der Waals surface area contributed by atoms with Gasteiger partial charge in [-0.2, -0.15) is 0 Å². The normalized spacial score (nSPS) is 13.1. The first-order valence-corrected chi connectivity index (χ1v) is 19.0. The molecular formula is C39H74N2O3. The SMILES string of the molecule is CCCCCCCC/C=C\CCCCCCCC(=O)NCC(C)(O)NC(=O)CCCCCCC/C=C\CCCCCCCC. The predicted molar refractivity (Wildman–Crippen MR) is 191 cm³/mol. The van der Waals surface area contributed by atoms with Crippen LogP contribution >= 0.6 is 0 Å². The molecule has 0 rings (SSSR count). The van der Waals surface area contributed by atoms with Crippen molar-refractivity contribution in [3.63, 3.8) is 0 Å². The zero-order valence-electron chi connectivity index (χ0n) is 29.6. The molecule has 0 aromatic carbocycles. The molecule has 0 aliphatic rings. The Labute approximate surface area is 273 Å². The molecule has 2 amide bonds. The van der Waals surface area contributed by atoms with Gasteiger partial charge in [0.2, 0.25) is 11.8 Å². The van der Waals surface area contributed by atoms with E-state index < -0.39 is 5.72 Å². The summed E-state index contributed by atoms with van der Waals surface area (Å²) in [5.74, 6) is -0.214. The van der Waals surface area contributed by atoms with E-state index in [4.69, 9.17) is 0 Å². The van der Waals surface area contributed by atoms with Crippen LogP contribution in [0.5, 0.6) is 0 Å². The van der Waals surface area contributed by atoms with Gasteiger partial charge in [0.1, 0.15) is 0 Å². The van der Waals surface area contributed by atoms with Gasteiger partial charge < -0.3 is 15.7 Å². The second-order valence-corrected chi connectivity index (χ2v) is 13.3. The quantitative estimate of drug-likeness (QED) is 0.0389. The molecule has 0 aliphatic carbocycles. The number of unbranched alkanes of at least 4 members (excludes halogenated alkanes) is 22. The molecule has 0 radical (unpaired) electrons. The van der Waals surface area contributed by atoms with E-state index in [2.05, 4.69) is 48.8 Å². The fourth-order valence-electron chi connectivity index (χ4n) is 5.48. The van der Waals surface area contributed by atoms with E-state index in [-0.39, 0.29) is 18.4 Å². The molecule has 258 valence electrons. The van der Waals surface area contributed by atoms with E-state index in [0.717, 1.165) is 51.4 Å². The van der Waals surface area contributed by atoms with Crippen LogP contribution in [0.4, 0.5) is 0 Å². The van der Waals surface area contributed by atoms with Crippen LogP contribution in [0.25, 0.3) is 0 Å². The number of rotatable bonds is 33. The van der Waals surface area contributed by atoms with Crippen molar-refractivity contribution in [3.8, 4) is 0 Å². The largest absolute Gasteiger partial charge is 0.369 e. The van der Waals surface area contributed by atoms with Gasteiger partial charge in [-0.25, -0.2) is 0 Å². The third-order valence-electron chi connectivity index (χ3n) is 8.37. The topological polar surface area (TPSA) is 78.4 Å². The highest BCUT2D eigenvalue weighted by atomic mass is 16.3. The lowest BCUT2D eigenvalue weighted by atomic mass is 10.1. The third kappa shape index (κ3) is 33.3. The van der Waals surface area contributed by atoms with E-state index >= 15 is 0 Å². The van der Waals surface area contributed by atoms with Crippen molar-refractivity contribution < 1.29 is 14.7 Å². The standard InChI is InChI=1S/C39H74N2O3/c1-4-6-8-10-12-14-16-18-20-22-24-26-28-30-32-34-37(42)40-36-39(3,44)41-38(43)35-33-31-29-27-25-23-21-19-17-15-13-11-9-7-5-2/h18-21,44H,4-17,22-36H2,1-3H3,(H,40,42)(H,41,43)/b20-18-,21-19-. The maximum Gasteiger partial charge on any atom is 0.222 e. The van der Waals surface area contributed by atoms with Crippen molar-refractivity contribution >= 4 is 11.8 Å². The Morgan fingerprint density at radius 3 is 1.20 bits per heavy atom. The number of carbonyl (C=O) groups excluding carboxylic acids is 2. The lowest BCUT2D eigenvalue weighted by Crippen LogP contribution is -2.53. The van der Waals surface area contributed by atoms with E-state index in [1.807, 2.05) is 0 Å². The summed E-state index contributed by atoms with van der Waals surface area (Å²) < 4.78 is 0. The molecule has 44 heavy (non-hydrogen) atoms. The fourth-order valence-corrected chi connectivity index (χ4v) is 5.48. The average Bonchev–Trinajstić information content (AvgIpc) is 2.99. The number of aliphatic hydroxyl groups is 1. The summed E-state index contributed by atoms with van der Waals surface area (Å²) in [7, 11) is 0. The van der Waals surface area contributed by atoms with Crippen LogP contribution in [0.15, 0.2) is 24.3 Å². The first-order valence-electron chi connectivity index (χ1n) is 19.0. The van der Waals surface area contributed by atoms with Crippen LogP contribution in [-0.4, -0.2) is 29.2 Å². The molecule has 1 atom stereocenters. The van der Waals surface area contributed by atoms with Crippen molar-refractivity contribution in [1.82, 2.24) is 10.6 Å². The van der Waals surface area contributed by atoms with Gasteiger partial charge in [0.15, 0.2) is 5.72 Å². The molecule has 0 saturated heterocycles. The second-order valence-electron chi connectivity index (χ2n) is 13.3. The molecule has 0 aliphatic heterocycles. The van der Waals surface area contributed by atoms with Crippen LogP contribution in [0.1, 0.15) is 201 Å². The monoisotopic (exact) mass is 619 g/mol. The summed E-state index contributed by atoms with van der Waals surface area (Å²) in [5.41, 5.74) is -1.42. The van der Waals surface area contributed by atoms with E-state index in [1.54, 1.807) is 6.92 Å². The Morgan fingerprint density at radius 2 is 0.818 bits per heavy atom. The smallest absolute Gasteiger partial charge is 0.222 e. The van der Waals surface area contributed by atoms with Crippen LogP contribution < -0.4 is 10.6 Å². The van der Waals surface area contributed by atoms with Crippen LogP contribution in [0, 0.1) is 0 Å². The fraction of sp³-hybridized carbons (Fsp3) is 0.846. The number of carbonyl (C=O) groups is 2. The van der Waals surface area contributed by atoms with Gasteiger partial charge in [-0.15, -0.1) is 0 Å². The Hall–Kier alpha value is -1.62. The molecule has 0 spiro atoms. The molecule has 0 aromatic heterocycles. The molecule has 0 bridgehead atoms. The number of hydrogen-bond donors (Lipinski definition) is 3. The average molecular weight is 619 g/mol. The van der Waals surface area contributed by atoms with Crippen LogP contribution in [0.2, 0.25) is 0 Å². The van der Waals surface area contributed by atoms with E-state index in [0.29, 0.717) is 12.8 Å². The summed E-state index contributed by atoms with van der Waals surface area (Å²) in [5, 5.41) is 16.0. The van der Waals surface area contributed by atoms with Gasteiger partial charge in [0.05, 0.1) is 6.54 Å². The van der Waals surface area contributed by atoms with Crippen molar-refractivity contribution in [1.29, 1.82) is 0 Å². The lowest BCUT2D eigenvalue weighted by molar-refractivity contribution is -0.130. The highest BCUT2D eigenvalue weighted by Gasteiger charge is 2.23. The number of nitrogens with one attached hydrogen (secondary N) is 2. The third-order valence-corrected chi connectivity index (χ3v) is 8.37. The second kappa shape index (κ2) is 32.8. The summed E-state index contributed by atoms with van der Waals surface area (Å²) >= 11 is 0. The molecule has 0 fully saturated rings. The van der Waals surface area contributed by atoms with Gasteiger partial charge in [0.25, 0.3) is 0 Å². The summed E-state index contributed by atoms with van der Waals surface area (Å²) in [6.07, 6.45) is 42.2. The highest BCUT2D eigenvalue weighted by molar-refractivity contribution is 5.77. The Balaban J connectivity index is 3.59. The minimum absolute atomic E-state index is 0.0367. The van der Waals surface area contributed by atoms with Crippen molar-refractivity contribution in [2.24, 2.45) is 0 Å². The van der Waals surface area contributed by atoms with Crippen LogP contribution in [0.3, 0.4) is 0 Å². The Bertz CT molecular complexity index is 701. The minimum atomic E-state index is -1.42. The van der Waals surface area contributed by atoms with Crippen molar-refractivity contribution in [3.05, 3.63) is 24.3 Å². The predicted octanol–water partition coefficient (Wildman–Crippen LogP) is 11.0. The summed E-state index contributed by atoms with van der Waals surface area (Å²) in [6, 6.07) is 0. The van der Waals surface area contributed by atoms with Crippen LogP contribution in [-0.2, 0) is 9.59 Å². The summed E-state index contributed by atoms with van der Waals surface area (Å²) in [6.45, 7) is 6.11. The Morgan fingerprint density at radius 1 is 0.500 bits per heavy atom. The van der Waals surface area contributed by atoms with E-state index in [9.17, 15) is 14.7 Å². The van der Waals surface area contributed by atoms with E-state index in [1.165, 1.54) is 116 Å². The van der Waals surface area contributed by atoms with Gasteiger partial charge in [-0.05, 0) is 71.1 Å². The zero-order chi connectivity index (χ0) is 32.4. The van der Waals surface area contributed by atoms with Gasteiger partial charge in [-0.1, -0.05) is 141 Å². The molecule has 0 saturated carbocycles. The summed E-state index contributed by atoms with van der Waals surface area (Å²) in [4.78, 5) is 24.5.